The van der Waals surface area contributed by atoms with Gasteiger partial charge < -0.3 is 10.1 Å². The Kier molecular flexibility index (Phi) is 4.34. The molecule has 1 aromatic carbocycles. The van der Waals surface area contributed by atoms with Crippen molar-refractivity contribution in [2.75, 3.05) is 6.54 Å². The number of carbonyl (C=O) groups is 4. The van der Waals surface area contributed by atoms with Crippen LogP contribution in [0.3, 0.4) is 0 Å². The molecule has 7 nitrogen and oxygen atoms in total. The SMILES string of the molecule is CC(C)(C)OC(=O)CNC(=O)C1N(C(=O)c2ccccc2)C(=O)C12CC2. The van der Waals surface area contributed by atoms with Gasteiger partial charge in [0.2, 0.25) is 11.8 Å². The van der Waals surface area contributed by atoms with E-state index in [1.807, 2.05) is 0 Å². The minimum atomic E-state index is -0.870. The Labute approximate surface area is 151 Å². The number of carbonyl (C=O) groups excluding carboxylic acids is 4. The van der Waals surface area contributed by atoms with Crippen LogP contribution >= 0.6 is 0 Å². The average molecular weight is 358 g/mol. The molecule has 138 valence electrons. The summed E-state index contributed by atoms with van der Waals surface area (Å²) in [4.78, 5) is 50.4. The number of rotatable bonds is 4. The van der Waals surface area contributed by atoms with E-state index in [9.17, 15) is 19.2 Å². The second-order valence-electron chi connectivity index (χ2n) is 7.71. The van der Waals surface area contributed by atoms with Gasteiger partial charge >= 0.3 is 5.97 Å². The van der Waals surface area contributed by atoms with E-state index >= 15 is 0 Å². The fourth-order valence-electron chi connectivity index (χ4n) is 3.21. The highest BCUT2D eigenvalue weighted by Gasteiger charge is 2.72. The van der Waals surface area contributed by atoms with Crippen LogP contribution in [0.25, 0.3) is 0 Å². The van der Waals surface area contributed by atoms with Gasteiger partial charge in [-0.15, -0.1) is 0 Å². The molecule has 1 saturated carbocycles. The Morgan fingerprint density at radius 1 is 1.19 bits per heavy atom. The average Bonchev–Trinajstić information content (AvgIpc) is 3.38. The lowest BCUT2D eigenvalue weighted by molar-refractivity contribution is -0.162. The van der Waals surface area contributed by atoms with Gasteiger partial charge in [0.05, 0.1) is 5.41 Å². The molecule has 0 aromatic heterocycles. The number of likely N-dealkylation sites (tertiary alicyclic amines) is 1. The van der Waals surface area contributed by atoms with Crippen molar-refractivity contribution >= 4 is 23.7 Å². The number of amides is 3. The number of benzene rings is 1. The summed E-state index contributed by atoms with van der Waals surface area (Å²) in [5.74, 6) is -1.88. The van der Waals surface area contributed by atoms with E-state index in [1.165, 1.54) is 0 Å². The third-order valence-electron chi connectivity index (χ3n) is 4.53. The molecule has 3 amide bonds. The molecule has 0 radical (unpaired) electrons. The van der Waals surface area contributed by atoms with E-state index in [-0.39, 0.29) is 12.5 Å². The first-order chi connectivity index (χ1) is 12.2. The lowest BCUT2D eigenvalue weighted by Gasteiger charge is -2.45. The molecule has 7 heteroatoms. The third-order valence-corrected chi connectivity index (χ3v) is 4.53. The van der Waals surface area contributed by atoms with Crippen molar-refractivity contribution < 1.29 is 23.9 Å². The van der Waals surface area contributed by atoms with Crippen molar-refractivity contribution in [2.45, 2.75) is 45.3 Å². The van der Waals surface area contributed by atoms with Gasteiger partial charge in [-0.3, -0.25) is 24.1 Å². The summed E-state index contributed by atoms with van der Waals surface area (Å²) >= 11 is 0. The molecule has 1 unspecified atom stereocenters. The number of esters is 1. The van der Waals surface area contributed by atoms with E-state index in [0.717, 1.165) is 4.90 Å². The molecule has 1 aliphatic carbocycles. The molecule has 1 aromatic rings. The standard InChI is InChI=1S/C19H22N2O5/c1-18(2,3)26-13(22)11-20-15(23)14-19(9-10-19)17(25)21(14)16(24)12-7-5-4-6-8-12/h4-8,14H,9-11H2,1-3H3,(H,20,23). The largest absolute Gasteiger partial charge is 0.459 e. The van der Waals surface area contributed by atoms with Crippen LogP contribution in [0.4, 0.5) is 0 Å². The van der Waals surface area contributed by atoms with E-state index in [0.29, 0.717) is 18.4 Å². The Bertz CT molecular complexity index is 762. The van der Waals surface area contributed by atoms with Crippen molar-refractivity contribution in [3.63, 3.8) is 0 Å². The van der Waals surface area contributed by atoms with E-state index in [2.05, 4.69) is 5.32 Å². The zero-order valence-electron chi connectivity index (χ0n) is 15.1. The van der Waals surface area contributed by atoms with Gasteiger partial charge in [-0.1, -0.05) is 18.2 Å². The molecule has 1 atom stereocenters. The molecule has 1 saturated heterocycles. The van der Waals surface area contributed by atoms with Crippen LogP contribution in [0, 0.1) is 5.41 Å². The van der Waals surface area contributed by atoms with Crippen LogP contribution in [0.15, 0.2) is 30.3 Å². The predicted octanol–water partition coefficient (Wildman–Crippen LogP) is 1.28. The van der Waals surface area contributed by atoms with Crippen molar-refractivity contribution in [2.24, 2.45) is 5.41 Å². The number of imide groups is 1. The summed E-state index contributed by atoms with van der Waals surface area (Å²) in [7, 11) is 0. The maximum absolute atomic E-state index is 12.6. The number of hydrogen-bond donors (Lipinski definition) is 1. The lowest BCUT2D eigenvalue weighted by Crippen LogP contribution is -2.70. The molecule has 2 fully saturated rings. The minimum absolute atomic E-state index is 0.301. The molecule has 1 N–H and O–H groups in total. The van der Waals surface area contributed by atoms with Crippen LogP contribution in [0.5, 0.6) is 0 Å². The first-order valence-corrected chi connectivity index (χ1v) is 8.58. The summed E-state index contributed by atoms with van der Waals surface area (Å²) in [6.07, 6.45) is 1.16. The lowest BCUT2D eigenvalue weighted by atomic mass is 9.82. The molecule has 3 rings (SSSR count). The van der Waals surface area contributed by atoms with Crippen LogP contribution < -0.4 is 5.32 Å². The van der Waals surface area contributed by atoms with Gasteiger partial charge in [0.25, 0.3) is 5.91 Å². The van der Waals surface area contributed by atoms with Crippen LogP contribution in [0.1, 0.15) is 44.0 Å². The topological polar surface area (TPSA) is 92.8 Å². The molecular weight excluding hydrogens is 336 g/mol. The fourth-order valence-corrected chi connectivity index (χ4v) is 3.21. The van der Waals surface area contributed by atoms with Crippen LogP contribution in [0.2, 0.25) is 0 Å². The summed E-state index contributed by atoms with van der Waals surface area (Å²) in [6.45, 7) is 4.90. The van der Waals surface area contributed by atoms with Gasteiger partial charge in [0, 0.05) is 5.56 Å². The summed E-state index contributed by atoms with van der Waals surface area (Å²) in [6, 6.07) is 7.49. The van der Waals surface area contributed by atoms with Crippen LogP contribution in [-0.4, -0.2) is 46.8 Å². The van der Waals surface area contributed by atoms with Gasteiger partial charge in [0.1, 0.15) is 18.2 Å². The highest BCUT2D eigenvalue weighted by molar-refractivity contribution is 6.17. The molecule has 1 aliphatic heterocycles. The molecule has 1 heterocycles. The number of β-lactam (4-membered cyclic amide) rings is 1. The van der Waals surface area contributed by atoms with Crippen molar-refractivity contribution in [1.29, 1.82) is 0 Å². The molecular formula is C19H22N2O5. The normalized spacial score (nSPS) is 20.3. The Morgan fingerprint density at radius 2 is 1.81 bits per heavy atom. The molecule has 0 bridgehead atoms. The Balaban J connectivity index is 1.68. The second kappa shape index (κ2) is 6.23. The van der Waals surface area contributed by atoms with Crippen molar-refractivity contribution in [3.05, 3.63) is 35.9 Å². The highest BCUT2D eigenvalue weighted by Crippen LogP contribution is 2.59. The zero-order valence-corrected chi connectivity index (χ0v) is 15.1. The number of nitrogens with one attached hydrogen (secondary N) is 1. The van der Waals surface area contributed by atoms with Crippen molar-refractivity contribution in [3.8, 4) is 0 Å². The minimum Gasteiger partial charge on any atom is -0.459 e. The van der Waals surface area contributed by atoms with Gasteiger partial charge in [0.15, 0.2) is 0 Å². The quantitative estimate of drug-likeness (QED) is 0.497. The van der Waals surface area contributed by atoms with Gasteiger partial charge in [-0.25, -0.2) is 0 Å². The first kappa shape index (κ1) is 18.1. The number of nitrogens with zero attached hydrogens (tertiary/aromatic N) is 1. The van der Waals surface area contributed by atoms with Gasteiger partial charge in [-0.2, -0.15) is 0 Å². The predicted molar refractivity (Wildman–Crippen MR) is 91.9 cm³/mol. The molecule has 2 aliphatic rings. The number of hydrogen-bond acceptors (Lipinski definition) is 5. The van der Waals surface area contributed by atoms with Crippen molar-refractivity contribution in [1.82, 2.24) is 10.2 Å². The van der Waals surface area contributed by atoms with E-state index in [4.69, 9.17) is 4.74 Å². The highest BCUT2D eigenvalue weighted by atomic mass is 16.6. The monoisotopic (exact) mass is 358 g/mol. The summed E-state index contributed by atoms with van der Waals surface area (Å²) in [5, 5.41) is 2.50. The summed E-state index contributed by atoms with van der Waals surface area (Å²) < 4.78 is 5.15. The third kappa shape index (κ3) is 3.21. The molecule has 1 spiro atoms. The maximum atomic E-state index is 12.6. The number of ether oxygens (including phenoxy) is 1. The van der Waals surface area contributed by atoms with E-state index < -0.39 is 34.8 Å². The molecule has 26 heavy (non-hydrogen) atoms. The second-order valence-corrected chi connectivity index (χ2v) is 7.71. The zero-order chi connectivity index (χ0) is 19.1. The fraction of sp³-hybridized carbons (Fsp3) is 0.474. The summed E-state index contributed by atoms with van der Waals surface area (Å²) in [5.41, 5.74) is -1.08. The van der Waals surface area contributed by atoms with Crippen LogP contribution in [-0.2, 0) is 19.1 Å². The van der Waals surface area contributed by atoms with E-state index in [1.54, 1.807) is 51.1 Å². The smallest absolute Gasteiger partial charge is 0.325 e. The van der Waals surface area contributed by atoms with Gasteiger partial charge in [-0.05, 0) is 45.7 Å². The Morgan fingerprint density at radius 3 is 2.35 bits per heavy atom. The first-order valence-electron chi connectivity index (χ1n) is 8.58. The maximum Gasteiger partial charge on any atom is 0.325 e. The Hall–Kier alpha value is -2.70.